The molecule has 0 aromatic carbocycles. The summed E-state index contributed by atoms with van der Waals surface area (Å²) in [6.07, 6.45) is 40.0. The van der Waals surface area contributed by atoms with E-state index in [4.69, 9.17) is 18.5 Å². The van der Waals surface area contributed by atoms with E-state index in [9.17, 15) is 23.8 Å². The number of phosphoric ester groups is 1. The van der Waals surface area contributed by atoms with Gasteiger partial charge in [-0.2, -0.15) is 0 Å². The number of nitrogens with zero attached hydrogens (tertiary/aromatic N) is 1. The molecular formula is C46H82NO9P. The van der Waals surface area contributed by atoms with E-state index < -0.39 is 32.5 Å². The third-order valence-corrected chi connectivity index (χ3v) is 10.3. The SMILES string of the molecule is CCCCC/C=C\C/C=C\C/C=C\C=C\C(=O)CCCC(=O)OC[C@H](COP(=O)([O-])OCC[N+](C)(C)C)OC(=O)CCCCCCCCCCCCCCCCC. The number of likely N-dealkylation sites (N-methyl/N-ethyl adjacent to an activating group) is 1. The molecule has 10 nitrogen and oxygen atoms in total. The third-order valence-electron chi connectivity index (χ3n) is 9.33. The fraction of sp³-hybridized carbons (Fsp3) is 0.761. The molecule has 0 N–H and O–H groups in total. The second-order valence-electron chi connectivity index (χ2n) is 16.1. The minimum absolute atomic E-state index is 0.0118. The number of rotatable bonds is 40. The van der Waals surface area contributed by atoms with Crippen LogP contribution in [-0.2, 0) is 37.5 Å². The Hall–Kier alpha value is -2.36. The van der Waals surface area contributed by atoms with Crippen molar-refractivity contribution in [3.63, 3.8) is 0 Å². The highest BCUT2D eigenvalue weighted by Gasteiger charge is 2.22. The highest BCUT2D eigenvalue weighted by atomic mass is 31.2. The monoisotopic (exact) mass is 824 g/mol. The van der Waals surface area contributed by atoms with E-state index in [2.05, 4.69) is 38.2 Å². The summed E-state index contributed by atoms with van der Waals surface area (Å²) in [4.78, 5) is 49.7. The lowest BCUT2D eigenvalue weighted by Crippen LogP contribution is -2.37. The van der Waals surface area contributed by atoms with Crippen LogP contribution in [0, 0.1) is 0 Å². The lowest BCUT2D eigenvalue weighted by molar-refractivity contribution is -0.870. The first-order valence-corrected chi connectivity index (χ1v) is 23.8. The van der Waals surface area contributed by atoms with E-state index in [0.717, 1.165) is 38.5 Å². The van der Waals surface area contributed by atoms with Gasteiger partial charge in [0.05, 0.1) is 27.7 Å². The van der Waals surface area contributed by atoms with E-state index in [1.165, 1.54) is 96.0 Å². The molecule has 0 aliphatic carbocycles. The minimum Gasteiger partial charge on any atom is -0.756 e. The number of carbonyl (C=O) groups is 3. The van der Waals surface area contributed by atoms with Crippen LogP contribution in [0.2, 0.25) is 0 Å². The predicted molar refractivity (Wildman–Crippen MR) is 232 cm³/mol. The van der Waals surface area contributed by atoms with Gasteiger partial charge in [0.25, 0.3) is 7.82 Å². The Morgan fingerprint density at radius 2 is 1.12 bits per heavy atom. The van der Waals surface area contributed by atoms with Crippen LogP contribution in [0.25, 0.3) is 0 Å². The molecule has 0 fully saturated rings. The smallest absolute Gasteiger partial charge is 0.306 e. The van der Waals surface area contributed by atoms with Gasteiger partial charge in [-0.3, -0.25) is 18.9 Å². The third kappa shape index (κ3) is 41.6. The molecule has 0 aromatic heterocycles. The predicted octanol–water partition coefficient (Wildman–Crippen LogP) is 11.2. The van der Waals surface area contributed by atoms with E-state index in [0.29, 0.717) is 17.4 Å². The molecule has 0 radical (unpaired) electrons. The van der Waals surface area contributed by atoms with E-state index in [-0.39, 0.29) is 44.7 Å². The highest BCUT2D eigenvalue weighted by Crippen LogP contribution is 2.38. The first kappa shape index (κ1) is 54.6. The van der Waals surface area contributed by atoms with Gasteiger partial charge in [0.1, 0.15) is 19.8 Å². The maximum Gasteiger partial charge on any atom is 0.306 e. The van der Waals surface area contributed by atoms with E-state index in [1.807, 2.05) is 33.3 Å². The van der Waals surface area contributed by atoms with E-state index >= 15 is 0 Å². The first-order valence-electron chi connectivity index (χ1n) is 22.3. The van der Waals surface area contributed by atoms with Crippen molar-refractivity contribution in [2.45, 2.75) is 180 Å². The Balaban J connectivity index is 4.54. The number of quaternary nitrogens is 1. The van der Waals surface area contributed by atoms with Crippen molar-refractivity contribution < 1.29 is 46.8 Å². The minimum atomic E-state index is -4.68. The number of ketones is 1. The van der Waals surface area contributed by atoms with Crippen LogP contribution in [0.1, 0.15) is 174 Å². The summed E-state index contributed by atoms with van der Waals surface area (Å²) >= 11 is 0. The average molecular weight is 824 g/mol. The average Bonchev–Trinajstić information content (AvgIpc) is 3.15. The van der Waals surface area contributed by atoms with Crippen LogP contribution in [-0.4, -0.2) is 75.8 Å². The van der Waals surface area contributed by atoms with Crippen LogP contribution in [0.5, 0.6) is 0 Å². The van der Waals surface area contributed by atoms with Gasteiger partial charge in [0.2, 0.25) is 0 Å². The molecule has 0 aliphatic rings. The van der Waals surface area contributed by atoms with Crippen molar-refractivity contribution in [3.05, 3.63) is 48.6 Å². The Kier molecular flexibility index (Phi) is 36.3. The van der Waals surface area contributed by atoms with Crippen molar-refractivity contribution in [1.82, 2.24) is 0 Å². The summed E-state index contributed by atoms with van der Waals surface area (Å²) in [7, 11) is 1.04. The molecule has 0 bridgehead atoms. The zero-order valence-electron chi connectivity index (χ0n) is 36.8. The second-order valence-corrected chi connectivity index (χ2v) is 17.5. The van der Waals surface area contributed by atoms with Crippen molar-refractivity contribution in [2.24, 2.45) is 0 Å². The summed E-state index contributed by atoms with van der Waals surface area (Å²) in [6.45, 7) is 3.92. The van der Waals surface area contributed by atoms with Crippen LogP contribution in [0.15, 0.2) is 48.6 Å². The number of hydrogen-bond donors (Lipinski definition) is 0. The lowest BCUT2D eigenvalue weighted by atomic mass is 10.0. The number of carbonyl (C=O) groups excluding carboxylic acids is 3. The fourth-order valence-corrected chi connectivity index (χ4v) is 6.51. The van der Waals surface area contributed by atoms with Gasteiger partial charge >= 0.3 is 11.9 Å². The maximum atomic E-state index is 12.7. The maximum absolute atomic E-state index is 12.7. The molecule has 2 atom stereocenters. The zero-order valence-corrected chi connectivity index (χ0v) is 37.7. The summed E-state index contributed by atoms with van der Waals surface area (Å²) in [5.41, 5.74) is 0. The van der Waals surface area contributed by atoms with Gasteiger partial charge in [0, 0.05) is 19.3 Å². The molecule has 0 spiro atoms. The normalized spacial score (nSPS) is 13.9. The highest BCUT2D eigenvalue weighted by molar-refractivity contribution is 7.45. The molecule has 0 aliphatic heterocycles. The fourth-order valence-electron chi connectivity index (χ4n) is 5.78. The lowest BCUT2D eigenvalue weighted by Gasteiger charge is -2.28. The van der Waals surface area contributed by atoms with Crippen molar-refractivity contribution in [1.29, 1.82) is 0 Å². The van der Waals surface area contributed by atoms with Gasteiger partial charge in [-0.1, -0.05) is 159 Å². The Morgan fingerprint density at radius 3 is 1.72 bits per heavy atom. The Bertz CT molecular complexity index is 1170. The largest absolute Gasteiger partial charge is 0.756 e. The van der Waals surface area contributed by atoms with Crippen molar-refractivity contribution in [3.8, 4) is 0 Å². The Labute approximate surface area is 348 Å². The van der Waals surface area contributed by atoms with Crippen LogP contribution in [0.3, 0.4) is 0 Å². The summed E-state index contributed by atoms with van der Waals surface area (Å²) in [6, 6.07) is 0. The zero-order chi connectivity index (χ0) is 42.3. The van der Waals surface area contributed by atoms with Gasteiger partial charge in [-0.05, 0) is 44.6 Å². The van der Waals surface area contributed by atoms with Crippen LogP contribution in [0.4, 0.5) is 0 Å². The number of esters is 2. The number of ether oxygens (including phenoxy) is 2. The number of unbranched alkanes of at least 4 members (excludes halogenated alkanes) is 17. The molecule has 0 saturated carbocycles. The topological polar surface area (TPSA) is 128 Å². The Morgan fingerprint density at radius 1 is 0.596 bits per heavy atom. The molecule has 0 rings (SSSR count). The molecule has 0 saturated heterocycles. The summed E-state index contributed by atoms with van der Waals surface area (Å²) in [5, 5.41) is 0. The summed E-state index contributed by atoms with van der Waals surface area (Å²) in [5.74, 6) is -1.19. The van der Waals surface area contributed by atoms with Crippen molar-refractivity contribution in [2.75, 3.05) is 47.5 Å². The standard InChI is InChI=1S/C46H82NO9P/c1-6-8-10-12-14-16-18-20-21-23-25-27-29-31-33-37-46(50)56-44(42-55-57(51,52)54-40-39-47(3,4)5)41-53-45(49)38-34-36-43(48)35-32-30-28-26-24-22-19-17-15-13-11-9-7-2/h15,17,22,24,28,30,32,35,44H,6-14,16,18-21,23,25-27,29,31,33-34,36-42H2,1-5H3/b17-15-,24-22-,30-28-,35-32+/t44-/m1/s1. The van der Waals surface area contributed by atoms with Gasteiger partial charge in [-0.25, -0.2) is 0 Å². The molecule has 1 unspecified atom stereocenters. The molecule has 0 amide bonds. The molecule has 57 heavy (non-hydrogen) atoms. The quantitative estimate of drug-likeness (QED) is 0.0113. The number of phosphoric acid groups is 1. The number of hydrogen-bond acceptors (Lipinski definition) is 9. The molecule has 0 aromatic rings. The second kappa shape index (κ2) is 37.9. The van der Waals surface area contributed by atoms with Gasteiger partial charge in [0.15, 0.2) is 11.9 Å². The molecule has 11 heteroatoms. The first-order chi connectivity index (χ1) is 27.4. The van der Waals surface area contributed by atoms with Gasteiger partial charge in [-0.15, -0.1) is 0 Å². The molecular weight excluding hydrogens is 741 g/mol. The van der Waals surface area contributed by atoms with Crippen LogP contribution < -0.4 is 4.89 Å². The van der Waals surface area contributed by atoms with Gasteiger partial charge < -0.3 is 27.9 Å². The van der Waals surface area contributed by atoms with E-state index in [1.54, 1.807) is 6.08 Å². The molecule has 0 heterocycles. The number of allylic oxidation sites excluding steroid dienone is 8. The summed E-state index contributed by atoms with van der Waals surface area (Å²) < 4.78 is 33.7. The molecule has 330 valence electrons. The van der Waals surface area contributed by atoms with Crippen molar-refractivity contribution >= 4 is 25.5 Å². The van der Waals surface area contributed by atoms with Crippen LogP contribution >= 0.6 is 7.82 Å².